The van der Waals surface area contributed by atoms with Crippen molar-refractivity contribution >= 4 is 24.0 Å². The summed E-state index contributed by atoms with van der Waals surface area (Å²) in [5.41, 5.74) is 1.09. The number of rotatable bonds is 3. The minimum absolute atomic E-state index is 0.673. The fourth-order valence-electron chi connectivity index (χ4n) is 1.57. The number of aromatic nitrogens is 3. The van der Waals surface area contributed by atoms with Gasteiger partial charge in [-0.1, -0.05) is 12.1 Å². The molecule has 2 rings (SSSR count). The van der Waals surface area contributed by atoms with Crippen LogP contribution < -0.4 is 0 Å². The van der Waals surface area contributed by atoms with Crippen LogP contribution >= 0.6 is 24.0 Å². The SMILES string of the molecule is CCn1c(-c2ccc(SC)cc2)n[nH]c1=S. The van der Waals surface area contributed by atoms with E-state index in [1.54, 1.807) is 11.8 Å². The molecule has 0 saturated carbocycles. The molecule has 0 atom stereocenters. The van der Waals surface area contributed by atoms with E-state index in [4.69, 9.17) is 12.2 Å². The number of aromatic amines is 1. The Morgan fingerprint density at radius 1 is 1.38 bits per heavy atom. The number of nitrogens with one attached hydrogen (secondary N) is 1. The lowest BCUT2D eigenvalue weighted by atomic mass is 10.2. The first-order valence-electron chi connectivity index (χ1n) is 5.06. The van der Waals surface area contributed by atoms with Crippen molar-refractivity contribution in [2.45, 2.75) is 18.4 Å². The van der Waals surface area contributed by atoms with Crippen LogP contribution in [0.15, 0.2) is 29.2 Å². The molecule has 0 fully saturated rings. The van der Waals surface area contributed by atoms with Crippen LogP contribution in [0.5, 0.6) is 0 Å². The van der Waals surface area contributed by atoms with Crippen LogP contribution in [-0.2, 0) is 6.54 Å². The van der Waals surface area contributed by atoms with Gasteiger partial charge in [-0.25, -0.2) is 0 Å². The molecule has 0 aliphatic heterocycles. The topological polar surface area (TPSA) is 33.6 Å². The van der Waals surface area contributed by atoms with Crippen LogP contribution in [0.3, 0.4) is 0 Å². The van der Waals surface area contributed by atoms with E-state index < -0.39 is 0 Å². The molecule has 0 bridgehead atoms. The van der Waals surface area contributed by atoms with E-state index in [1.165, 1.54) is 4.90 Å². The van der Waals surface area contributed by atoms with E-state index in [1.807, 2.05) is 4.57 Å². The van der Waals surface area contributed by atoms with Gasteiger partial charge in [-0.2, -0.15) is 5.10 Å². The van der Waals surface area contributed by atoms with Gasteiger partial charge in [0.05, 0.1) is 0 Å². The third-order valence-electron chi connectivity index (χ3n) is 2.42. The molecule has 1 N–H and O–H groups in total. The summed E-state index contributed by atoms with van der Waals surface area (Å²) < 4.78 is 2.66. The predicted octanol–water partition coefficient (Wildman–Crippen LogP) is 3.35. The molecule has 2 aromatic rings. The van der Waals surface area contributed by atoms with Crippen LogP contribution in [0.1, 0.15) is 6.92 Å². The van der Waals surface area contributed by atoms with Crippen molar-refractivity contribution in [3.8, 4) is 11.4 Å². The van der Waals surface area contributed by atoms with Gasteiger partial charge in [0.25, 0.3) is 0 Å². The summed E-state index contributed by atoms with van der Waals surface area (Å²) in [5.74, 6) is 0.903. The smallest absolute Gasteiger partial charge is 0.195 e. The van der Waals surface area contributed by atoms with Crippen molar-refractivity contribution in [2.24, 2.45) is 0 Å². The van der Waals surface area contributed by atoms with E-state index in [9.17, 15) is 0 Å². The fraction of sp³-hybridized carbons (Fsp3) is 0.273. The first-order valence-corrected chi connectivity index (χ1v) is 6.69. The summed E-state index contributed by atoms with van der Waals surface area (Å²) in [6.07, 6.45) is 2.07. The van der Waals surface area contributed by atoms with Crippen molar-refractivity contribution in [1.82, 2.24) is 14.8 Å². The second-order valence-corrected chi connectivity index (χ2v) is 4.59. The Hall–Kier alpha value is -1.07. The number of nitrogens with zero attached hydrogens (tertiary/aromatic N) is 2. The Balaban J connectivity index is 2.46. The van der Waals surface area contributed by atoms with Crippen molar-refractivity contribution in [1.29, 1.82) is 0 Å². The third kappa shape index (κ3) is 2.05. The summed E-state index contributed by atoms with van der Waals surface area (Å²) in [4.78, 5) is 1.25. The van der Waals surface area contributed by atoms with E-state index in [2.05, 4.69) is 47.6 Å². The van der Waals surface area contributed by atoms with Crippen LogP contribution in [-0.4, -0.2) is 21.0 Å². The highest BCUT2D eigenvalue weighted by molar-refractivity contribution is 7.98. The summed E-state index contributed by atoms with van der Waals surface area (Å²) in [7, 11) is 0. The molecule has 3 nitrogen and oxygen atoms in total. The summed E-state index contributed by atoms with van der Waals surface area (Å²) >= 11 is 6.89. The second kappa shape index (κ2) is 4.84. The highest BCUT2D eigenvalue weighted by atomic mass is 32.2. The molecule has 1 aromatic carbocycles. The number of benzene rings is 1. The van der Waals surface area contributed by atoms with E-state index in [0.29, 0.717) is 4.77 Å². The number of hydrogen-bond donors (Lipinski definition) is 1. The monoisotopic (exact) mass is 251 g/mol. The molecule has 84 valence electrons. The molecule has 1 aromatic heterocycles. The first-order chi connectivity index (χ1) is 7.76. The normalized spacial score (nSPS) is 10.6. The molecule has 0 spiro atoms. The first kappa shape index (κ1) is 11.4. The number of thioether (sulfide) groups is 1. The minimum atomic E-state index is 0.673. The van der Waals surface area contributed by atoms with Gasteiger partial charge in [0.1, 0.15) is 0 Å². The van der Waals surface area contributed by atoms with Gasteiger partial charge in [0.15, 0.2) is 10.6 Å². The van der Waals surface area contributed by atoms with Crippen LogP contribution in [0.4, 0.5) is 0 Å². The third-order valence-corrected chi connectivity index (χ3v) is 3.48. The molecular formula is C11H13N3S2. The van der Waals surface area contributed by atoms with Gasteiger partial charge in [-0.05, 0) is 37.5 Å². The maximum absolute atomic E-state index is 5.16. The number of H-pyrrole nitrogens is 1. The number of hydrogen-bond acceptors (Lipinski definition) is 3. The van der Waals surface area contributed by atoms with Crippen LogP contribution in [0, 0.1) is 4.77 Å². The molecule has 0 aliphatic carbocycles. The predicted molar refractivity (Wildman–Crippen MR) is 70.3 cm³/mol. The van der Waals surface area contributed by atoms with Crippen LogP contribution in [0.2, 0.25) is 0 Å². The Morgan fingerprint density at radius 2 is 2.06 bits per heavy atom. The fourth-order valence-corrected chi connectivity index (χ4v) is 2.24. The summed E-state index contributed by atoms with van der Waals surface area (Å²) in [6, 6.07) is 8.33. The maximum Gasteiger partial charge on any atom is 0.195 e. The molecule has 0 amide bonds. The average molecular weight is 251 g/mol. The molecule has 0 saturated heterocycles. The zero-order chi connectivity index (χ0) is 11.5. The highest BCUT2D eigenvalue weighted by Crippen LogP contribution is 2.21. The molecule has 1 heterocycles. The molecule has 0 aliphatic rings. The minimum Gasteiger partial charge on any atom is -0.300 e. The van der Waals surface area contributed by atoms with Gasteiger partial charge in [-0.3, -0.25) is 5.10 Å². The highest BCUT2D eigenvalue weighted by Gasteiger charge is 2.06. The molecule has 16 heavy (non-hydrogen) atoms. The van der Waals surface area contributed by atoms with Gasteiger partial charge < -0.3 is 4.57 Å². The van der Waals surface area contributed by atoms with Gasteiger partial charge in [0.2, 0.25) is 0 Å². The molecule has 0 unspecified atom stereocenters. The Morgan fingerprint density at radius 3 is 2.62 bits per heavy atom. The van der Waals surface area contributed by atoms with Crippen molar-refractivity contribution in [3.05, 3.63) is 29.0 Å². The largest absolute Gasteiger partial charge is 0.300 e. The van der Waals surface area contributed by atoms with Gasteiger partial charge in [0, 0.05) is 17.0 Å². The lowest BCUT2D eigenvalue weighted by Crippen LogP contribution is -1.97. The van der Waals surface area contributed by atoms with Crippen molar-refractivity contribution in [2.75, 3.05) is 6.26 Å². The zero-order valence-electron chi connectivity index (χ0n) is 9.23. The van der Waals surface area contributed by atoms with E-state index >= 15 is 0 Å². The second-order valence-electron chi connectivity index (χ2n) is 3.33. The zero-order valence-corrected chi connectivity index (χ0v) is 10.9. The Bertz CT molecular complexity index is 525. The van der Waals surface area contributed by atoms with Gasteiger partial charge in [-0.15, -0.1) is 11.8 Å². The Kier molecular flexibility index (Phi) is 3.46. The summed E-state index contributed by atoms with van der Waals surface area (Å²) in [5, 5.41) is 7.08. The Labute approximate surface area is 104 Å². The lowest BCUT2D eigenvalue weighted by Gasteiger charge is -2.03. The quantitative estimate of drug-likeness (QED) is 0.671. The van der Waals surface area contributed by atoms with Crippen molar-refractivity contribution < 1.29 is 0 Å². The standard InChI is InChI=1S/C11H13N3S2/c1-3-14-10(12-13-11(14)15)8-4-6-9(16-2)7-5-8/h4-7H,3H2,1-2H3,(H,13,15). The lowest BCUT2D eigenvalue weighted by molar-refractivity contribution is 0.755. The summed E-state index contributed by atoms with van der Waals surface area (Å²) in [6.45, 7) is 2.89. The van der Waals surface area contributed by atoms with E-state index in [-0.39, 0.29) is 0 Å². The van der Waals surface area contributed by atoms with Crippen LogP contribution in [0.25, 0.3) is 11.4 Å². The van der Waals surface area contributed by atoms with E-state index in [0.717, 1.165) is 17.9 Å². The van der Waals surface area contributed by atoms with Gasteiger partial charge >= 0.3 is 0 Å². The van der Waals surface area contributed by atoms with Crippen molar-refractivity contribution in [3.63, 3.8) is 0 Å². The molecule has 0 radical (unpaired) electrons. The molecular weight excluding hydrogens is 238 g/mol. The molecule has 5 heteroatoms. The maximum atomic E-state index is 5.16. The average Bonchev–Trinajstić information content (AvgIpc) is 2.70.